The molecule has 2 atom stereocenters. The molecule has 0 saturated carbocycles. The van der Waals surface area contributed by atoms with Gasteiger partial charge in [-0.25, -0.2) is 4.98 Å². The first-order valence-electron chi connectivity index (χ1n) is 8.60. The van der Waals surface area contributed by atoms with Gasteiger partial charge in [-0.1, -0.05) is 0 Å². The summed E-state index contributed by atoms with van der Waals surface area (Å²) in [5.74, 6) is -0.619. The van der Waals surface area contributed by atoms with Crippen LogP contribution in [0.5, 0.6) is 0 Å². The summed E-state index contributed by atoms with van der Waals surface area (Å²) in [5, 5.41) is 12.8. The van der Waals surface area contributed by atoms with Gasteiger partial charge in [-0.15, -0.1) is 0 Å². The number of halogens is 3. The van der Waals surface area contributed by atoms with Crippen molar-refractivity contribution in [2.24, 2.45) is 5.92 Å². The Morgan fingerprint density at radius 3 is 2.57 bits per heavy atom. The molecule has 12 heteroatoms. The Morgan fingerprint density at radius 1 is 1.32 bits per heavy atom. The normalized spacial score (nSPS) is 19.9. The molecule has 2 aromatic rings. The highest BCUT2D eigenvalue weighted by Gasteiger charge is 2.42. The summed E-state index contributed by atoms with van der Waals surface area (Å²) in [4.78, 5) is 30.6. The quantitative estimate of drug-likeness (QED) is 0.784. The van der Waals surface area contributed by atoms with Gasteiger partial charge in [0.2, 0.25) is 11.8 Å². The van der Waals surface area contributed by atoms with Gasteiger partial charge in [0, 0.05) is 25.8 Å². The van der Waals surface area contributed by atoms with E-state index < -0.39 is 29.6 Å². The van der Waals surface area contributed by atoms with E-state index in [4.69, 9.17) is 0 Å². The topological polar surface area (TPSA) is 109 Å². The third kappa shape index (κ3) is 3.85. The number of aromatic amines is 1. The van der Waals surface area contributed by atoms with Crippen LogP contribution < -0.4 is 5.32 Å². The van der Waals surface area contributed by atoms with Crippen LogP contribution in [0, 0.1) is 19.8 Å². The van der Waals surface area contributed by atoms with Crippen LogP contribution in [0.2, 0.25) is 0 Å². The van der Waals surface area contributed by atoms with Gasteiger partial charge in [-0.2, -0.15) is 23.4 Å². The van der Waals surface area contributed by atoms with E-state index in [0.29, 0.717) is 11.6 Å². The molecule has 3 rings (SSSR count). The van der Waals surface area contributed by atoms with E-state index in [0.717, 1.165) is 10.7 Å². The van der Waals surface area contributed by atoms with Gasteiger partial charge in [0.25, 0.3) is 0 Å². The average molecular weight is 399 g/mol. The van der Waals surface area contributed by atoms with Gasteiger partial charge in [-0.05, 0) is 19.9 Å². The summed E-state index contributed by atoms with van der Waals surface area (Å²) in [7, 11) is 1.50. The zero-order chi connectivity index (χ0) is 20.6. The molecule has 152 valence electrons. The van der Waals surface area contributed by atoms with E-state index in [1.54, 1.807) is 6.92 Å². The third-order valence-electron chi connectivity index (χ3n) is 4.76. The number of nitrogens with one attached hydrogen (secondary N) is 2. The van der Waals surface area contributed by atoms with Gasteiger partial charge in [0.1, 0.15) is 12.4 Å². The number of H-pyrrole nitrogens is 1. The van der Waals surface area contributed by atoms with Gasteiger partial charge < -0.3 is 10.2 Å². The monoisotopic (exact) mass is 399 g/mol. The van der Waals surface area contributed by atoms with Gasteiger partial charge in [0.15, 0.2) is 11.5 Å². The van der Waals surface area contributed by atoms with Crippen molar-refractivity contribution in [1.29, 1.82) is 0 Å². The van der Waals surface area contributed by atoms with Crippen molar-refractivity contribution in [1.82, 2.24) is 35.2 Å². The SMILES string of the molecule is CNC(=O)[C@@H]1CN(C(=O)Cn2nc(C(F)(F)F)cc2C)C[C@H]1c1n[nH]c(C)n1. The minimum atomic E-state index is -4.58. The van der Waals surface area contributed by atoms with Crippen molar-refractivity contribution in [3.05, 3.63) is 29.1 Å². The number of rotatable bonds is 4. The molecule has 2 aromatic heterocycles. The van der Waals surface area contributed by atoms with E-state index in [2.05, 4.69) is 25.6 Å². The third-order valence-corrected chi connectivity index (χ3v) is 4.76. The van der Waals surface area contributed by atoms with Crippen molar-refractivity contribution in [3.8, 4) is 0 Å². The van der Waals surface area contributed by atoms with E-state index in [1.165, 1.54) is 18.9 Å². The van der Waals surface area contributed by atoms with Gasteiger partial charge in [-0.3, -0.25) is 19.4 Å². The lowest BCUT2D eigenvalue weighted by atomic mass is 9.94. The lowest BCUT2D eigenvalue weighted by Gasteiger charge is -2.16. The minimum Gasteiger partial charge on any atom is -0.359 e. The number of hydrogen-bond donors (Lipinski definition) is 2. The Kier molecular flexibility index (Phi) is 5.13. The Morgan fingerprint density at radius 2 is 2.04 bits per heavy atom. The number of carbonyl (C=O) groups is 2. The molecule has 3 heterocycles. The molecule has 1 fully saturated rings. The standard InChI is InChI=1S/C16H20F3N7O2/c1-8-4-12(16(17,18)19)24-26(8)7-13(27)25-5-10(11(6-25)15(28)20-3)14-21-9(2)22-23-14/h4,10-11H,5-7H2,1-3H3,(H,20,28)(H,21,22,23)/t10-,11-/m1/s1. The number of hydrogen-bond acceptors (Lipinski definition) is 5. The fourth-order valence-corrected chi connectivity index (χ4v) is 3.28. The summed E-state index contributed by atoms with van der Waals surface area (Å²) in [5.41, 5.74) is -0.819. The second kappa shape index (κ2) is 7.24. The molecule has 9 nitrogen and oxygen atoms in total. The molecule has 0 aliphatic carbocycles. The summed E-state index contributed by atoms with van der Waals surface area (Å²) >= 11 is 0. The molecule has 0 unspecified atom stereocenters. The average Bonchev–Trinajstić information content (AvgIpc) is 3.32. The van der Waals surface area contributed by atoms with Crippen LogP contribution in [0.1, 0.15) is 29.0 Å². The van der Waals surface area contributed by atoms with E-state index in [9.17, 15) is 22.8 Å². The first-order valence-corrected chi connectivity index (χ1v) is 8.60. The number of aromatic nitrogens is 5. The Bertz CT molecular complexity index is 889. The molecule has 0 spiro atoms. The highest BCUT2D eigenvalue weighted by atomic mass is 19.4. The van der Waals surface area contributed by atoms with Crippen LogP contribution in [0.25, 0.3) is 0 Å². The summed E-state index contributed by atoms with van der Waals surface area (Å²) in [6.45, 7) is 3.15. The van der Waals surface area contributed by atoms with Crippen LogP contribution in [0.4, 0.5) is 13.2 Å². The number of likely N-dealkylation sites (tertiary alicyclic amines) is 1. The second-order valence-electron chi connectivity index (χ2n) is 6.73. The number of alkyl halides is 3. The summed E-state index contributed by atoms with van der Waals surface area (Å²) < 4.78 is 39.4. The van der Waals surface area contributed by atoms with Crippen LogP contribution in [0.15, 0.2) is 6.07 Å². The molecule has 1 aliphatic rings. The molecule has 0 radical (unpaired) electrons. The Hall–Kier alpha value is -2.92. The van der Waals surface area contributed by atoms with Crippen LogP contribution >= 0.6 is 0 Å². The van der Waals surface area contributed by atoms with Crippen molar-refractivity contribution in [2.75, 3.05) is 20.1 Å². The summed E-state index contributed by atoms with van der Waals surface area (Å²) in [6.07, 6.45) is -4.58. The molecule has 2 N–H and O–H groups in total. The molecule has 28 heavy (non-hydrogen) atoms. The predicted octanol–water partition coefficient (Wildman–Crippen LogP) is 0.625. The van der Waals surface area contributed by atoms with Crippen LogP contribution in [-0.2, 0) is 22.3 Å². The summed E-state index contributed by atoms with van der Waals surface area (Å²) in [6, 6.07) is 0.893. The van der Waals surface area contributed by atoms with Crippen molar-refractivity contribution in [2.45, 2.75) is 32.5 Å². The maximum Gasteiger partial charge on any atom is 0.435 e. The first kappa shape index (κ1) is 19.8. The smallest absolute Gasteiger partial charge is 0.359 e. The first-order chi connectivity index (χ1) is 13.1. The fraction of sp³-hybridized carbons (Fsp3) is 0.562. The second-order valence-corrected chi connectivity index (χ2v) is 6.73. The van der Waals surface area contributed by atoms with E-state index >= 15 is 0 Å². The number of carbonyl (C=O) groups excluding carboxylic acids is 2. The zero-order valence-electron chi connectivity index (χ0n) is 15.5. The highest BCUT2D eigenvalue weighted by molar-refractivity contribution is 5.83. The van der Waals surface area contributed by atoms with Crippen LogP contribution in [0.3, 0.4) is 0 Å². The largest absolute Gasteiger partial charge is 0.435 e. The predicted molar refractivity (Wildman–Crippen MR) is 90.0 cm³/mol. The Balaban J connectivity index is 1.77. The number of nitrogens with zero attached hydrogens (tertiary/aromatic N) is 5. The van der Waals surface area contributed by atoms with Gasteiger partial charge >= 0.3 is 6.18 Å². The van der Waals surface area contributed by atoms with Crippen LogP contribution in [-0.4, -0.2) is 61.8 Å². The van der Waals surface area contributed by atoms with Gasteiger partial charge in [0.05, 0.1) is 11.8 Å². The minimum absolute atomic E-state index is 0.128. The van der Waals surface area contributed by atoms with Crippen molar-refractivity contribution >= 4 is 11.8 Å². The molecule has 0 aromatic carbocycles. The van der Waals surface area contributed by atoms with E-state index in [-0.39, 0.29) is 31.2 Å². The molecular weight excluding hydrogens is 379 g/mol. The maximum atomic E-state index is 12.8. The molecule has 1 aliphatic heterocycles. The molecular formula is C16H20F3N7O2. The van der Waals surface area contributed by atoms with E-state index in [1.807, 2.05) is 0 Å². The molecule has 0 bridgehead atoms. The number of amides is 2. The molecule has 1 saturated heterocycles. The highest BCUT2D eigenvalue weighted by Crippen LogP contribution is 2.32. The lowest BCUT2D eigenvalue weighted by molar-refractivity contribution is -0.142. The van der Waals surface area contributed by atoms with Crippen molar-refractivity contribution in [3.63, 3.8) is 0 Å². The maximum absolute atomic E-state index is 12.8. The Labute approximate surface area is 158 Å². The molecule has 2 amide bonds. The zero-order valence-corrected chi connectivity index (χ0v) is 15.5. The van der Waals surface area contributed by atoms with Crippen molar-refractivity contribution < 1.29 is 22.8 Å². The number of aryl methyl sites for hydroxylation is 2. The fourth-order valence-electron chi connectivity index (χ4n) is 3.28. The lowest BCUT2D eigenvalue weighted by Crippen LogP contribution is -2.35.